The largest absolute Gasteiger partial charge is 0.369 e. The molecule has 3 aromatic rings. The number of aromatic nitrogens is 1. The highest BCUT2D eigenvalue weighted by Gasteiger charge is 2.12. The average Bonchev–Trinajstić information content (AvgIpc) is 2.60. The third-order valence-electron chi connectivity index (χ3n) is 4.27. The van der Waals surface area contributed by atoms with E-state index in [0.717, 1.165) is 22.1 Å². The first-order valence-electron chi connectivity index (χ1n) is 8.51. The number of nitrogens with two attached hydrogens (primary N) is 1. The summed E-state index contributed by atoms with van der Waals surface area (Å²) in [6, 6.07) is 13.7. The van der Waals surface area contributed by atoms with Gasteiger partial charge in [0.05, 0.1) is 12.1 Å². The smallest absolute Gasteiger partial charge is 0.231 e. The van der Waals surface area contributed by atoms with Crippen LogP contribution in [0.25, 0.3) is 22.0 Å². The molecule has 0 bridgehead atoms. The Bertz CT molecular complexity index is 1020. The molecule has 27 heavy (non-hydrogen) atoms. The fourth-order valence-electron chi connectivity index (χ4n) is 3.05. The van der Waals surface area contributed by atoms with E-state index in [1.165, 1.54) is 19.1 Å². The van der Waals surface area contributed by atoms with Crippen molar-refractivity contribution >= 4 is 22.6 Å². The highest BCUT2D eigenvalue weighted by atomic mass is 19.1. The van der Waals surface area contributed by atoms with Crippen molar-refractivity contribution in [3.8, 4) is 11.1 Å². The Morgan fingerprint density at radius 2 is 1.81 bits per heavy atom. The van der Waals surface area contributed by atoms with Crippen LogP contribution in [0.4, 0.5) is 4.39 Å². The summed E-state index contributed by atoms with van der Waals surface area (Å²) < 4.78 is 13.3. The first-order chi connectivity index (χ1) is 12.8. The lowest BCUT2D eigenvalue weighted by molar-refractivity contribution is -0.118. The normalized spacial score (nSPS) is 11.1. The summed E-state index contributed by atoms with van der Waals surface area (Å²) in [6.45, 7) is 2.14. The fraction of sp³-hybridized carbons (Fsp3) is 0.190. The van der Waals surface area contributed by atoms with E-state index in [4.69, 9.17) is 5.73 Å². The predicted molar refractivity (Wildman–Crippen MR) is 103 cm³/mol. The van der Waals surface area contributed by atoms with Gasteiger partial charge in [-0.25, -0.2) is 9.37 Å². The number of pyridine rings is 1. The second-order valence-corrected chi connectivity index (χ2v) is 6.61. The summed E-state index contributed by atoms with van der Waals surface area (Å²) in [5.41, 5.74) is 8.83. The van der Waals surface area contributed by atoms with Crippen LogP contribution in [0.15, 0.2) is 48.5 Å². The van der Waals surface area contributed by atoms with Crippen molar-refractivity contribution in [2.24, 2.45) is 5.73 Å². The molecule has 0 atom stereocenters. The quantitative estimate of drug-likeness (QED) is 0.681. The number of hydrogen-bond acceptors (Lipinski definition) is 4. The molecular formula is C21H20FN3O2. The molecule has 0 radical (unpaired) electrons. The summed E-state index contributed by atoms with van der Waals surface area (Å²) in [7, 11) is 1.80. The summed E-state index contributed by atoms with van der Waals surface area (Å²) in [4.78, 5) is 29.3. The van der Waals surface area contributed by atoms with Gasteiger partial charge in [0.1, 0.15) is 11.5 Å². The lowest BCUT2D eigenvalue weighted by Crippen LogP contribution is -2.30. The molecular weight excluding hydrogens is 345 g/mol. The number of fused-ring (bicyclic) bond motifs is 1. The molecule has 0 aliphatic carbocycles. The molecule has 0 fully saturated rings. The van der Waals surface area contributed by atoms with E-state index in [0.29, 0.717) is 17.8 Å². The summed E-state index contributed by atoms with van der Waals surface area (Å²) >= 11 is 0. The number of benzene rings is 2. The van der Waals surface area contributed by atoms with Crippen molar-refractivity contribution in [3.63, 3.8) is 0 Å². The lowest BCUT2D eigenvalue weighted by Gasteiger charge is -2.15. The number of primary amides is 1. The van der Waals surface area contributed by atoms with Gasteiger partial charge in [-0.2, -0.15) is 0 Å². The van der Waals surface area contributed by atoms with Gasteiger partial charge >= 0.3 is 0 Å². The van der Waals surface area contributed by atoms with Crippen LogP contribution < -0.4 is 5.73 Å². The molecule has 0 unspecified atom stereocenters. The van der Waals surface area contributed by atoms with Crippen LogP contribution in [0.1, 0.15) is 23.0 Å². The first-order valence-corrected chi connectivity index (χ1v) is 8.51. The molecule has 138 valence electrons. The van der Waals surface area contributed by atoms with Gasteiger partial charge in [-0.1, -0.05) is 24.3 Å². The van der Waals surface area contributed by atoms with Gasteiger partial charge in [0.25, 0.3) is 0 Å². The van der Waals surface area contributed by atoms with Crippen molar-refractivity contribution in [2.45, 2.75) is 13.5 Å². The molecule has 6 heteroatoms. The topological polar surface area (TPSA) is 76.3 Å². The highest BCUT2D eigenvalue weighted by Crippen LogP contribution is 2.30. The molecule has 0 aliphatic heterocycles. The summed E-state index contributed by atoms with van der Waals surface area (Å²) in [5, 5.41) is 0.868. The molecule has 0 saturated heterocycles. The Morgan fingerprint density at radius 3 is 2.44 bits per heavy atom. The van der Waals surface area contributed by atoms with Gasteiger partial charge in [0.2, 0.25) is 5.91 Å². The zero-order valence-corrected chi connectivity index (χ0v) is 15.2. The average molecular weight is 365 g/mol. The minimum Gasteiger partial charge on any atom is -0.369 e. The molecule has 0 aliphatic rings. The zero-order chi connectivity index (χ0) is 19.6. The van der Waals surface area contributed by atoms with Gasteiger partial charge in [-0.15, -0.1) is 0 Å². The first kappa shape index (κ1) is 18.7. The van der Waals surface area contributed by atoms with Gasteiger partial charge in [0.15, 0.2) is 5.78 Å². The van der Waals surface area contributed by atoms with Crippen molar-refractivity contribution in [1.29, 1.82) is 0 Å². The Morgan fingerprint density at radius 1 is 1.11 bits per heavy atom. The van der Waals surface area contributed by atoms with E-state index in [1.54, 1.807) is 30.1 Å². The minimum absolute atomic E-state index is 0.142. The number of ketones is 1. The Balaban J connectivity index is 2.09. The van der Waals surface area contributed by atoms with Crippen molar-refractivity contribution in [2.75, 3.05) is 13.6 Å². The van der Waals surface area contributed by atoms with E-state index in [9.17, 15) is 14.0 Å². The number of Topliss-reactive ketones (excluding diaryl/α,β-unsaturated/α-hetero) is 1. The number of carbonyl (C=O) groups excluding carboxylic acids is 2. The number of amides is 1. The second-order valence-electron chi connectivity index (χ2n) is 6.61. The van der Waals surface area contributed by atoms with Crippen LogP contribution in [0.5, 0.6) is 0 Å². The number of rotatable bonds is 6. The fourth-order valence-corrected chi connectivity index (χ4v) is 3.05. The van der Waals surface area contributed by atoms with E-state index < -0.39 is 5.91 Å². The summed E-state index contributed by atoms with van der Waals surface area (Å²) in [6.07, 6.45) is 0. The van der Waals surface area contributed by atoms with E-state index in [1.807, 2.05) is 18.2 Å². The van der Waals surface area contributed by atoms with Crippen LogP contribution in [0.2, 0.25) is 0 Å². The maximum absolute atomic E-state index is 13.3. The van der Waals surface area contributed by atoms with Crippen LogP contribution >= 0.6 is 0 Å². The molecule has 3 rings (SSSR count). The minimum atomic E-state index is -0.395. The number of hydrogen-bond donors (Lipinski definition) is 1. The highest BCUT2D eigenvalue weighted by molar-refractivity contribution is 6.01. The SMILES string of the molecule is CC(=O)c1cc(-c2ccc(F)cc2)c2ccc(CN(C)CC(N)=O)cc2n1. The summed E-state index contributed by atoms with van der Waals surface area (Å²) in [5.74, 6) is -0.853. The van der Waals surface area contributed by atoms with Crippen LogP contribution in [0, 0.1) is 5.82 Å². The number of likely N-dealkylation sites (N-methyl/N-ethyl adjacent to an activating group) is 1. The molecule has 0 spiro atoms. The van der Waals surface area contributed by atoms with Gasteiger partial charge in [0, 0.05) is 18.9 Å². The van der Waals surface area contributed by atoms with Gasteiger partial charge < -0.3 is 5.73 Å². The zero-order valence-electron chi connectivity index (χ0n) is 15.2. The van der Waals surface area contributed by atoms with Crippen LogP contribution in [0.3, 0.4) is 0 Å². The molecule has 0 saturated carbocycles. The third-order valence-corrected chi connectivity index (χ3v) is 4.27. The van der Waals surface area contributed by atoms with Crippen LogP contribution in [-0.2, 0) is 11.3 Å². The molecule has 2 N–H and O–H groups in total. The Hall–Kier alpha value is -3.12. The molecule has 1 heterocycles. The third kappa shape index (κ3) is 4.35. The van der Waals surface area contributed by atoms with E-state index in [2.05, 4.69) is 4.98 Å². The Labute approximate surface area is 156 Å². The van der Waals surface area contributed by atoms with Crippen molar-refractivity contribution in [3.05, 3.63) is 65.6 Å². The van der Waals surface area contributed by atoms with Gasteiger partial charge in [-0.3, -0.25) is 14.5 Å². The number of carbonyl (C=O) groups is 2. The maximum atomic E-state index is 13.3. The monoisotopic (exact) mass is 365 g/mol. The predicted octanol–water partition coefficient (Wildman–Crippen LogP) is 3.16. The molecule has 5 nitrogen and oxygen atoms in total. The molecule has 1 amide bonds. The van der Waals surface area contributed by atoms with Gasteiger partial charge in [-0.05, 0) is 48.0 Å². The number of nitrogens with zero attached hydrogens (tertiary/aromatic N) is 2. The molecule has 2 aromatic carbocycles. The second kappa shape index (κ2) is 7.63. The van der Waals surface area contributed by atoms with Crippen molar-refractivity contribution < 1.29 is 14.0 Å². The standard InChI is InChI=1S/C21H20FN3O2/c1-13(26)19-10-18(15-4-6-16(22)7-5-15)17-8-3-14(9-20(17)24-19)11-25(2)12-21(23)27/h3-10H,11-12H2,1-2H3,(H2,23,27). The van der Waals surface area contributed by atoms with Crippen molar-refractivity contribution in [1.82, 2.24) is 9.88 Å². The molecule has 1 aromatic heterocycles. The number of halogens is 1. The maximum Gasteiger partial charge on any atom is 0.231 e. The Kier molecular flexibility index (Phi) is 5.28. The van der Waals surface area contributed by atoms with E-state index >= 15 is 0 Å². The lowest BCUT2D eigenvalue weighted by atomic mass is 9.98. The van der Waals surface area contributed by atoms with Crippen LogP contribution in [-0.4, -0.2) is 35.2 Å². The van der Waals surface area contributed by atoms with E-state index in [-0.39, 0.29) is 18.1 Å².